The molecule has 0 unspecified atom stereocenters. The Kier molecular flexibility index (Phi) is 4.21. The second kappa shape index (κ2) is 5.87. The average molecular weight is 249 g/mol. The summed E-state index contributed by atoms with van der Waals surface area (Å²) >= 11 is 5.68. The third kappa shape index (κ3) is 3.34. The molecule has 0 saturated heterocycles. The summed E-state index contributed by atoms with van der Waals surface area (Å²) in [4.78, 5) is 0. The highest BCUT2D eigenvalue weighted by Crippen LogP contribution is 2.10. The summed E-state index contributed by atoms with van der Waals surface area (Å²) in [5.41, 5.74) is 3.89. The normalized spacial score (nSPS) is 10.7. The van der Waals surface area contributed by atoms with Crippen LogP contribution in [0.25, 0.3) is 0 Å². The van der Waals surface area contributed by atoms with E-state index in [-0.39, 0.29) is 0 Å². The molecule has 0 N–H and O–H groups in total. The lowest BCUT2D eigenvalue weighted by Gasteiger charge is -2.05. The van der Waals surface area contributed by atoms with Crippen molar-refractivity contribution >= 4 is 11.6 Å². The van der Waals surface area contributed by atoms with E-state index in [1.165, 1.54) is 16.7 Å². The highest BCUT2D eigenvalue weighted by Gasteiger charge is 2.01. The Labute approximate surface area is 107 Å². The molecule has 1 heterocycles. The molecule has 0 aliphatic carbocycles. The van der Waals surface area contributed by atoms with E-state index in [0.29, 0.717) is 5.88 Å². The fourth-order valence-corrected chi connectivity index (χ4v) is 1.99. The van der Waals surface area contributed by atoms with Crippen molar-refractivity contribution in [3.05, 3.63) is 53.3 Å². The Bertz CT molecular complexity index is 477. The van der Waals surface area contributed by atoms with Gasteiger partial charge in [-0.05, 0) is 36.5 Å². The first-order valence-electron chi connectivity index (χ1n) is 5.91. The van der Waals surface area contributed by atoms with Crippen molar-refractivity contribution in [1.29, 1.82) is 0 Å². The molecule has 0 amide bonds. The summed E-state index contributed by atoms with van der Waals surface area (Å²) in [6, 6.07) is 8.41. The lowest BCUT2D eigenvalue weighted by molar-refractivity contribution is 0.683. The van der Waals surface area contributed by atoms with Crippen molar-refractivity contribution in [2.45, 2.75) is 26.3 Å². The van der Waals surface area contributed by atoms with Gasteiger partial charge in [-0.15, -0.1) is 11.6 Å². The number of aryl methyl sites for hydroxylation is 2. The van der Waals surface area contributed by atoms with Gasteiger partial charge in [0.25, 0.3) is 0 Å². The van der Waals surface area contributed by atoms with Gasteiger partial charge in [0.2, 0.25) is 0 Å². The van der Waals surface area contributed by atoms with Crippen molar-refractivity contribution in [3.63, 3.8) is 0 Å². The van der Waals surface area contributed by atoms with Crippen LogP contribution in [0.5, 0.6) is 0 Å². The number of benzene rings is 1. The van der Waals surface area contributed by atoms with Crippen molar-refractivity contribution in [3.8, 4) is 0 Å². The van der Waals surface area contributed by atoms with Crippen LogP contribution in [0.4, 0.5) is 0 Å². The number of aromatic nitrogens is 2. The van der Waals surface area contributed by atoms with Crippen molar-refractivity contribution in [2.75, 3.05) is 5.88 Å². The van der Waals surface area contributed by atoms with Gasteiger partial charge >= 0.3 is 0 Å². The van der Waals surface area contributed by atoms with E-state index in [9.17, 15) is 0 Å². The van der Waals surface area contributed by atoms with E-state index < -0.39 is 0 Å². The Balaban J connectivity index is 2.04. The largest absolute Gasteiger partial charge is 0.268 e. The predicted octanol–water partition coefficient (Wildman–Crippen LogP) is 3.41. The molecular formula is C14H17ClN2. The molecule has 90 valence electrons. The molecule has 0 aliphatic heterocycles. The second-order valence-corrected chi connectivity index (χ2v) is 4.64. The van der Waals surface area contributed by atoms with Crippen LogP contribution in [-0.2, 0) is 13.0 Å². The van der Waals surface area contributed by atoms with Gasteiger partial charge in [-0.25, -0.2) is 0 Å². The predicted molar refractivity (Wildman–Crippen MR) is 71.5 cm³/mol. The Morgan fingerprint density at radius 3 is 2.88 bits per heavy atom. The number of nitrogens with zero attached hydrogens (tertiary/aromatic N) is 2. The van der Waals surface area contributed by atoms with E-state index in [1.54, 1.807) is 0 Å². The van der Waals surface area contributed by atoms with Crippen LogP contribution < -0.4 is 0 Å². The molecule has 0 spiro atoms. The highest BCUT2D eigenvalue weighted by molar-refractivity contribution is 6.17. The molecule has 0 fully saturated rings. The zero-order valence-corrected chi connectivity index (χ0v) is 10.8. The minimum Gasteiger partial charge on any atom is -0.268 e. The quantitative estimate of drug-likeness (QED) is 0.742. The molecule has 1 aromatic heterocycles. The van der Waals surface area contributed by atoms with Gasteiger partial charge < -0.3 is 0 Å². The maximum Gasteiger partial charge on any atom is 0.0662 e. The number of hydrogen-bond acceptors (Lipinski definition) is 1. The first-order valence-corrected chi connectivity index (χ1v) is 6.45. The zero-order chi connectivity index (χ0) is 12.1. The number of alkyl halides is 1. The molecule has 0 aliphatic rings. The molecule has 0 saturated carbocycles. The molecule has 0 atom stereocenters. The third-order valence-corrected chi connectivity index (χ3v) is 3.15. The first kappa shape index (κ1) is 12.2. The molecule has 0 radical (unpaired) electrons. The summed E-state index contributed by atoms with van der Waals surface area (Å²) < 4.78 is 1.99. The van der Waals surface area contributed by atoms with Crippen LogP contribution in [0, 0.1) is 6.92 Å². The van der Waals surface area contributed by atoms with Gasteiger partial charge in [-0.1, -0.05) is 24.3 Å². The molecule has 2 aromatic rings. The summed E-state index contributed by atoms with van der Waals surface area (Å²) in [5.74, 6) is 0.711. The molecule has 0 bridgehead atoms. The van der Waals surface area contributed by atoms with Crippen molar-refractivity contribution in [2.24, 2.45) is 0 Å². The molecule has 3 heteroatoms. The van der Waals surface area contributed by atoms with E-state index in [2.05, 4.69) is 42.5 Å². The number of rotatable bonds is 5. The molecule has 2 rings (SSSR count). The smallest absolute Gasteiger partial charge is 0.0662 e. The minimum absolute atomic E-state index is 0.711. The second-order valence-electron chi connectivity index (χ2n) is 4.27. The first-order chi connectivity index (χ1) is 8.29. The minimum atomic E-state index is 0.711. The molecule has 17 heavy (non-hydrogen) atoms. The average Bonchev–Trinajstić information content (AvgIpc) is 2.77. The maximum atomic E-state index is 5.68. The molecular weight excluding hydrogens is 232 g/mol. The van der Waals surface area contributed by atoms with Gasteiger partial charge in [0.1, 0.15) is 0 Å². The third-order valence-electron chi connectivity index (χ3n) is 2.88. The van der Waals surface area contributed by atoms with Crippen LogP contribution in [0.15, 0.2) is 36.7 Å². The molecule has 2 nitrogen and oxygen atoms in total. The summed E-state index contributed by atoms with van der Waals surface area (Å²) in [7, 11) is 0. The van der Waals surface area contributed by atoms with Crippen molar-refractivity contribution < 1.29 is 0 Å². The van der Waals surface area contributed by atoms with Crippen LogP contribution in [0.1, 0.15) is 23.1 Å². The number of hydrogen-bond donors (Lipinski definition) is 0. The monoisotopic (exact) mass is 248 g/mol. The summed E-state index contributed by atoms with van der Waals surface area (Å²) in [5, 5.41) is 4.38. The standard InChI is InChI=1S/C14H17ClN2/c1-12-5-2-3-7-14(12)11-17-10-13(9-16-17)6-4-8-15/h2-3,5,7,9-10H,4,6,8,11H2,1H3. The van der Waals surface area contributed by atoms with Gasteiger partial charge in [0.15, 0.2) is 0 Å². The van der Waals surface area contributed by atoms with E-state index in [4.69, 9.17) is 11.6 Å². The fraction of sp³-hybridized carbons (Fsp3) is 0.357. The van der Waals surface area contributed by atoms with Crippen LogP contribution >= 0.6 is 11.6 Å². The summed E-state index contributed by atoms with van der Waals surface area (Å²) in [6.45, 7) is 2.97. The lowest BCUT2D eigenvalue weighted by Crippen LogP contribution is -2.01. The van der Waals surface area contributed by atoms with Crippen LogP contribution in [0.2, 0.25) is 0 Å². The van der Waals surface area contributed by atoms with Gasteiger partial charge in [-0.2, -0.15) is 5.10 Å². The zero-order valence-electron chi connectivity index (χ0n) is 10.1. The lowest BCUT2D eigenvalue weighted by atomic mass is 10.1. The van der Waals surface area contributed by atoms with Crippen LogP contribution in [-0.4, -0.2) is 15.7 Å². The Morgan fingerprint density at radius 1 is 1.29 bits per heavy atom. The van der Waals surface area contributed by atoms with Crippen LogP contribution in [0.3, 0.4) is 0 Å². The van der Waals surface area contributed by atoms with Gasteiger partial charge in [0.05, 0.1) is 12.7 Å². The Hall–Kier alpha value is -1.28. The van der Waals surface area contributed by atoms with Gasteiger partial charge in [0, 0.05) is 12.1 Å². The van der Waals surface area contributed by atoms with E-state index >= 15 is 0 Å². The summed E-state index contributed by atoms with van der Waals surface area (Å²) in [6.07, 6.45) is 6.07. The fourth-order valence-electron chi connectivity index (χ4n) is 1.85. The topological polar surface area (TPSA) is 17.8 Å². The SMILES string of the molecule is Cc1ccccc1Cn1cc(CCCCl)cn1. The number of halogens is 1. The van der Waals surface area contributed by atoms with E-state index in [1.807, 2.05) is 10.9 Å². The van der Waals surface area contributed by atoms with Gasteiger partial charge in [-0.3, -0.25) is 4.68 Å². The van der Waals surface area contributed by atoms with E-state index in [0.717, 1.165) is 19.4 Å². The Morgan fingerprint density at radius 2 is 2.12 bits per heavy atom. The van der Waals surface area contributed by atoms with Crippen molar-refractivity contribution in [1.82, 2.24) is 9.78 Å². The highest BCUT2D eigenvalue weighted by atomic mass is 35.5. The maximum absolute atomic E-state index is 5.68. The molecule has 1 aromatic carbocycles.